The Hall–Kier alpha value is -0.860. The molecule has 0 saturated heterocycles. The molecule has 14 heavy (non-hydrogen) atoms. The molecule has 3 heteroatoms. The van der Waals surface area contributed by atoms with Crippen molar-refractivity contribution in [2.75, 3.05) is 0 Å². The fraction of sp³-hybridized carbons (Fsp3) is 0.818. The maximum Gasteiger partial charge on any atom is 0.227 e. The molecule has 0 heterocycles. The van der Waals surface area contributed by atoms with Crippen molar-refractivity contribution in [3.63, 3.8) is 0 Å². The van der Waals surface area contributed by atoms with Crippen LogP contribution in [0.2, 0.25) is 0 Å². The SMILES string of the molecule is CC(=O)CC(=O)NC1C(C)(C)C1(C)C. The van der Waals surface area contributed by atoms with Crippen LogP contribution in [0.1, 0.15) is 41.0 Å². The van der Waals surface area contributed by atoms with E-state index < -0.39 is 0 Å². The summed E-state index contributed by atoms with van der Waals surface area (Å²) >= 11 is 0. The number of rotatable bonds is 3. The molecule has 0 aromatic carbocycles. The van der Waals surface area contributed by atoms with E-state index in [0.29, 0.717) is 0 Å². The minimum absolute atomic E-state index is 0.00264. The predicted octanol–water partition coefficient (Wildman–Crippen LogP) is 1.52. The van der Waals surface area contributed by atoms with E-state index in [-0.39, 0.29) is 35.0 Å². The second kappa shape index (κ2) is 3.07. The Morgan fingerprint density at radius 3 is 1.86 bits per heavy atom. The lowest BCUT2D eigenvalue weighted by Gasteiger charge is -2.04. The second-order valence-electron chi connectivity index (χ2n) is 5.32. The zero-order chi connectivity index (χ0) is 11.1. The Balaban J connectivity index is 2.49. The highest BCUT2D eigenvalue weighted by Gasteiger charge is 2.65. The molecular weight excluding hydrogens is 178 g/mol. The van der Waals surface area contributed by atoms with Gasteiger partial charge in [-0.3, -0.25) is 9.59 Å². The van der Waals surface area contributed by atoms with Crippen molar-refractivity contribution >= 4 is 11.7 Å². The van der Waals surface area contributed by atoms with Gasteiger partial charge >= 0.3 is 0 Å². The molecule has 0 spiro atoms. The maximum atomic E-state index is 11.3. The average molecular weight is 197 g/mol. The smallest absolute Gasteiger partial charge is 0.227 e. The fourth-order valence-corrected chi connectivity index (χ4v) is 2.00. The summed E-state index contributed by atoms with van der Waals surface area (Å²) in [7, 11) is 0. The zero-order valence-electron chi connectivity index (χ0n) is 9.60. The van der Waals surface area contributed by atoms with Crippen LogP contribution in [0.5, 0.6) is 0 Å². The highest BCUT2D eigenvalue weighted by molar-refractivity contribution is 5.97. The van der Waals surface area contributed by atoms with E-state index in [2.05, 4.69) is 33.0 Å². The van der Waals surface area contributed by atoms with Gasteiger partial charge in [-0.05, 0) is 17.8 Å². The molecule has 1 saturated carbocycles. The van der Waals surface area contributed by atoms with Crippen LogP contribution >= 0.6 is 0 Å². The summed E-state index contributed by atoms with van der Waals surface area (Å²) in [5.74, 6) is -0.236. The normalized spacial score (nSPS) is 22.9. The van der Waals surface area contributed by atoms with Crippen LogP contribution in [-0.2, 0) is 9.59 Å². The first-order valence-electron chi connectivity index (χ1n) is 4.98. The Morgan fingerprint density at radius 2 is 1.57 bits per heavy atom. The molecule has 0 unspecified atom stereocenters. The van der Waals surface area contributed by atoms with E-state index in [1.807, 2.05) is 0 Å². The van der Waals surface area contributed by atoms with Gasteiger partial charge < -0.3 is 5.32 Å². The molecule has 1 N–H and O–H groups in total. The topological polar surface area (TPSA) is 46.2 Å². The lowest BCUT2D eigenvalue weighted by Crippen LogP contribution is -2.30. The lowest BCUT2D eigenvalue weighted by molar-refractivity contribution is -0.127. The van der Waals surface area contributed by atoms with Crippen LogP contribution < -0.4 is 5.32 Å². The average Bonchev–Trinajstić information content (AvgIpc) is 2.30. The third-order valence-electron chi connectivity index (χ3n) is 3.74. The maximum absolute atomic E-state index is 11.3. The lowest BCUT2D eigenvalue weighted by atomic mass is 10.0. The number of amides is 1. The van der Waals surface area contributed by atoms with E-state index in [9.17, 15) is 9.59 Å². The fourth-order valence-electron chi connectivity index (χ4n) is 2.00. The predicted molar refractivity (Wildman–Crippen MR) is 54.8 cm³/mol. The molecule has 0 bridgehead atoms. The van der Waals surface area contributed by atoms with Gasteiger partial charge in [0.15, 0.2) is 0 Å². The minimum Gasteiger partial charge on any atom is -0.352 e. The van der Waals surface area contributed by atoms with Gasteiger partial charge in [-0.1, -0.05) is 27.7 Å². The number of carbonyl (C=O) groups is 2. The Kier molecular flexibility index (Phi) is 2.46. The van der Waals surface area contributed by atoms with Gasteiger partial charge in [0.2, 0.25) is 5.91 Å². The van der Waals surface area contributed by atoms with Crippen LogP contribution in [0.3, 0.4) is 0 Å². The molecule has 0 aliphatic heterocycles. The largest absolute Gasteiger partial charge is 0.352 e. The number of hydrogen-bond acceptors (Lipinski definition) is 2. The van der Waals surface area contributed by atoms with Crippen molar-refractivity contribution in [2.24, 2.45) is 10.8 Å². The van der Waals surface area contributed by atoms with E-state index in [1.165, 1.54) is 6.92 Å². The summed E-state index contributed by atoms with van der Waals surface area (Å²) in [6, 6.07) is 0.196. The van der Waals surface area contributed by atoms with Gasteiger partial charge in [0.05, 0.1) is 6.42 Å². The van der Waals surface area contributed by atoms with Crippen molar-refractivity contribution in [1.82, 2.24) is 5.32 Å². The summed E-state index contributed by atoms with van der Waals surface area (Å²) in [5, 5.41) is 2.91. The Labute approximate surface area is 85.3 Å². The van der Waals surface area contributed by atoms with Crippen LogP contribution in [-0.4, -0.2) is 17.7 Å². The van der Waals surface area contributed by atoms with Crippen molar-refractivity contribution in [2.45, 2.75) is 47.1 Å². The first kappa shape index (κ1) is 11.2. The molecule has 1 aliphatic carbocycles. The second-order valence-corrected chi connectivity index (χ2v) is 5.32. The minimum atomic E-state index is -0.152. The summed E-state index contributed by atoms with van der Waals surface area (Å²) in [5.41, 5.74) is 0.277. The summed E-state index contributed by atoms with van der Waals surface area (Å²) in [6.45, 7) is 9.96. The molecule has 1 aliphatic rings. The van der Waals surface area contributed by atoms with Crippen LogP contribution in [0.15, 0.2) is 0 Å². The summed E-state index contributed by atoms with van der Waals surface area (Å²) in [6.07, 6.45) is 0.00264. The molecule has 0 aromatic heterocycles. The quantitative estimate of drug-likeness (QED) is 0.697. The zero-order valence-corrected chi connectivity index (χ0v) is 9.60. The molecule has 80 valence electrons. The van der Waals surface area contributed by atoms with Crippen molar-refractivity contribution in [3.05, 3.63) is 0 Å². The standard InChI is InChI=1S/C11H19NO2/c1-7(13)6-8(14)12-9-10(2,3)11(9,4)5/h9H,6H2,1-5H3,(H,12,14). The van der Waals surface area contributed by atoms with Crippen LogP contribution in [0, 0.1) is 10.8 Å². The van der Waals surface area contributed by atoms with E-state index in [1.54, 1.807) is 0 Å². The number of nitrogens with one attached hydrogen (secondary N) is 1. The summed E-state index contributed by atoms with van der Waals surface area (Å²) < 4.78 is 0. The van der Waals surface area contributed by atoms with Crippen molar-refractivity contribution in [3.8, 4) is 0 Å². The molecule has 3 nitrogen and oxygen atoms in total. The number of ketones is 1. The third-order valence-corrected chi connectivity index (χ3v) is 3.74. The van der Waals surface area contributed by atoms with Gasteiger partial charge in [0, 0.05) is 6.04 Å². The molecule has 1 rings (SSSR count). The van der Waals surface area contributed by atoms with Crippen molar-refractivity contribution in [1.29, 1.82) is 0 Å². The molecular formula is C11H19NO2. The summed E-state index contributed by atoms with van der Waals surface area (Å²) in [4.78, 5) is 22.1. The molecule has 1 fully saturated rings. The number of Topliss-reactive ketones (excluding diaryl/α,β-unsaturated/α-hetero) is 1. The van der Waals surface area contributed by atoms with E-state index >= 15 is 0 Å². The van der Waals surface area contributed by atoms with Gasteiger partial charge in [0.25, 0.3) is 0 Å². The number of carbonyl (C=O) groups excluding carboxylic acids is 2. The van der Waals surface area contributed by atoms with Gasteiger partial charge in [-0.25, -0.2) is 0 Å². The van der Waals surface area contributed by atoms with E-state index in [0.717, 1.165) is 0 Å². The first-order valence-corrected chi connectivity index (χ1v) is 4.98. The molecule has 0 radical (unpaired) electrons. The highest BCUT2D eigenvalue weighted by atomic mass is 16.2. The van der Waals surface area contributed by atoms with Crippen LogP contribution in [0.25, 0.3) is 0 Å². The molecule has 1 amide bonds. The van der Waals surface area contributed by atoms with Crippen LogP contribution in [0.4, 0.5) is 0 Å². The third kappa shape index (κ3) is 1.68. The Bertz CT molecular complexity index is 265. The number of hydrogen-bond donors (Lipinski definition) is 1. The Morgan fingerprint density at radius 1 is 1.14 bits per heavy atom. The van der Waals surface area contributed by atoms with E-state index in [4.69, 9.17) is 0 Å². The molecule has 0 atom stereocenters. The van der Waals surface area contributed by atoms with Gasteiger partial charge in [-0.2, -0.15) is 0 Å². The monoisotopic (exact) mass is 197 g/mol. The first-order chi connectivity index (χ1) is 6.19. The van der Waals surface area contributed by atoms with Crippen molar-refractivity contribution < 1.29 is 9.59 Å². The van der Waals surface area contributed by atoms with Gasteiger partial charge in [0.1, 0.15) is 5.78 Å². The van der Waals surface area contributed by atoms with Gasteiger partial charge in [-0.15, -0.1) is 0 Å². The highest BCUT2D eigenvalue weighted by Crippen LogP contribution is 2.62. The molecule has 0 aromatic rings.